The van der Waals surface area contributed by atoms with Gasteiger partial charge in [0, 0.05) is 19.0 Å². The average Bonchev–Trinajstić information content (AvgIpc) is 3.06. The zero-order valence-electron chi connectivity index (χ0n) is 26.5. The molecule has 0 radical (unpaired) electrons. The molecule has 4 rings (SSSR count). The molecule has 46 heavy (non-hydrogen) atoms. The number of nitrogens with zero attached hydrogens (tertiary/aromatic N) is 2. The van der Waals surface area contributed by atoms with E-state index in [1.165, 1.54) is 48.4 Å². The Morgan fingerprint density at radius 3 is 2.15 bits per heavy atom. The molecule has 242 valence electrons. The molecule has 2 amide bonds. The molecule has 4 aromatic rings. The third-order valence-electron chi connectivity index (χ3n) is 7.75. The molecule has 0 aliphatic heterocycles. The van der Waals surface area contributed by atoms with Gasteiger partial charge in [-0.25, -0.2) is 12.8 Å². The van der Waals surface area contributed by atoms with E-state index in [0.29, 0.717) is 12.2 Å². The van der Waals surface area contributed by atoms with Gasteiger partial charge >= 0.3 is 0 Å². The van der Waals surface area contributed by atoms with Crippen molar-refractivity contribution in [1.82, 2.24) is 10.2 Å². The Labute approximate surface area is 270 Å². The lowest BCUT2D eigenvalue weighted by Crippen LogP contribution is -2.54. The highest BCUT2D eigenvalue weighted by Crippen LogP contribution is 2.27. The second-order valence-corrected chi connectivity index (χ2v) is 13.1. The molecule has 0 spiro atoms. The van der Waals surface area contributed by atoms with Gasteiger partial charge in [-0.3, -0.25) is 13.9 Å². The van der Waals surface area contributed by atoms with Crippen molar-refractivity contribution in [3.63, 3.8) is 0 Å². The minimum Gasteiger partial charge on any atom is -0.497 e. The molecule has 0 heterocycles. The van der Waals surface area contributed by atoms with E-state index < -0.39 is 34.3 Å². The monoisotopic (exact) mass is 645 g/mol. The van der Waals surface area contributed by atoms with Crippen molar-refractivity contribution in [3.8, 4) is 5.75 Å². The first-order valence-electron chi connectivity index (χ1n) is 15.1. The minimum atomic E-state index is -4.32. The summed E-state index contributed by atoms with van der Waals surface area (Å²) in [5.74, 6) is -1.03. The van der Waals surface area contributed by atoms with Crippen molar-refractivity contribution in [3.05, 3.63) is 126 Å². The second-order valence-electron chi connectivity index (χ2n) is 11.2. The van der Waals surface area contributed by atoms with Gasteiger partial charge in [-0.15, -0.1) is 0 Å². The zero-order valence-corrected chi connectivity index (χ0v) is 27.3. The van der Waals surface area contributed by atoms with Crippen molar-refractivity contribution in [2.24, 2.45) is 0 Å². The summed E-state index contributed by atoms with van der Waals surface area (Å²) in [7, 11) is -2.85. The van der Waals surface area contributed by atoms with Crippen LogP contribution in [0.2, 0.25) is 0 Å². The van der Waals surface area contributed by atoms with Crippen LogP contribution in [-0.2, 0) is 32.6 Å². The van der Waals surface area contributed by atoms with Gasteiger partial charge in [0.2, 0.25) is 11.8 Å². The lowest BCUT2D eigenvalue weighted by Gasteiger charge is -2.34. The molecule has 0 aliphatic carbocycles. The summed E-state index contributed by atoms with van der Waals surface area (Å²) in [6.07, 6.45) is 0.899. The Bertz CT molecular complexity index is 1720. The third kappa shape index (κ3) is 8.72. The third-order valence-corrected chi connectivity index (χ3v) is 9.54. The highest BCUT2D eigenvalue weighted by molar-refractivity contribution is 7.92. The number of carbonyl (C=O) groups excluding carboxylic acids is 2. The van der Waals surface area contributed by atoms with Crippen molar-refractivity contribution in [2.75, 3.05) is 18.0 Å². The Morgan fingerprint density at radius 2 is 1.54 bits per heavy atom. The summed E-state index contributed by atoms with van der Waals surface area (Å²) in [6, 6.07) is 26.6. The number of sulfonamides is 1. The summed E-state index contributed by atoms with van der Waals surface area (Å²) in [4.78, 5) is 29.8. The summed E-state index contributed by atoms with van der Waals surface area (Å²) >= 11 is 0. The van der Waals surface area contributed by atoms with E-state index in [0.717, 1.165) is 33.1 Å². The molecule has 10 heteroatoms. The second kappa shape index (κ2) is 15.5. The molecule has 2 atom stereocenters. The first-order valence-corrected chi connectivity index (χ1v) is 16.6. The van der Waals surface area contributed by atoms with Gasteiger partial charge in [-0.2, -0.15) is 0 Å². The van der Waals surface area contributed by atoms with E-state index in [2.05, 4.69) is 5.32 Å². The number of carbonyl (C=O) groups is 2. The van der Waals surface area contributed by atoms with Crippen LogP contribution in [0.25, 0.3) is 0 Å². The SMILES string of the molecule is CC[C@H](C)NC(=O)[C@@H](Cc1ccccc1)N(Cc1cccc(C)c1)C(=O)CN(c1ccc(F)cc1)S(=O)(=O)c1ccc(OC)cc1. The number of amides is 2. The fourth-order valence-electron chi connectivity index (χ4n) is 5.01. The van der Waals surface area contributed by atoms with Gasteiger partial charge in [0.1, 0.15) is 24.2 Å². The molecule has 0 bridgehead atoms. The smallest absolute Gasteiger partial charge is 0.264 e. The predicted octanol–water partition coefficient (Wildman–Crippen LogP) is 5.89. The first-order chi connectivity index (χ1) is 22.0. The number of nitrogens with one attached hydrogen (secondary N) is 1. The molecule has 0 saturated heterocycles. The molecule has 0 fully saturated rings. The van der Waals surface area contributed by atoms with Crippen LogP contribution in [0, 0.1) is 12.7 Å². The molecule has 0 saturated carbocycles. The number of benzene rings is 4. The van der Waals surface area contributed by atoms with Crippen LogP contribution in [0.1, 0.15) is 37.0 Å². The van der Waals surface area contributed by atoms with Gasteiger partial charge in [-0.05, 0) is 79.9 Å². The topological polar surface area (TPSA) is 96.0 Å². The van der Waals surface area contributed by atoms with Crippen LogP contribution in [0.3, 0.4) is 0 Å². The lowest BCUT2D eigenvalue weighted by molar-refractivity contribution is -0.140. The predicted molar refractivity (Wildman–Crippen MR) is 177 cm³/mol. The number of anilines is 1. The fourth-order valence-corrected chi connectivity index (χ4v) is 6.43. The number of rotatable bonds is 14. The molecule has 8 nitrogen and oxygen atoms in total. The van der Waals surface area contributed by atoms with Crippen molar-refractivity contribution < 1.29 is 27.1 Å². The minimum absolute atomic E-state index is 0.0613. The van der Waals surface area contributed by atoms with E-state index in [-0.39, 0.29) is 35.5 Å². The van der Waals surface area contributed by atoms with Gasteiger partial charge in [0.25, 0.3) is 10.0 Å². The van der Waals surface area contributed by atoms with Crippen molar-refractivity contribution in [2.45, 2.75) is 57.1 Å². The normalized spacial score (nSPS) is 12.5. The number of halogens is 1. The first kappa shape index (κ1) is 34.2. The maximum Gasteiger partial charge on any atom is 0.264 e. The summed E-state index contributed by atoms with van der Waals surface area (Å²) in [5.41, 5.74) is 2.71. The average molecular weight is 646 g/mol. The fraction of sp³-hybridized carbons (Fsp3) is 0.278. The van der Waals surface area contributed by atoms with Gasteiger partial charge in [0.15, 0.2) is 0 Å². The molecule has 1 N–H and O–H groups in total. The van der Waals surface area contributed by atoms with E-state index in [1.807, 2.05) is 75.4 Å². The van der Waals surface area contributed by atoms with Crippen LogP contribution in [0.15, 0.2) is 108 Å². The van der Waals surface area contributed by atoms with E-state index in [4.69, 9.17) is 4.74 Å². The molecular weight excluding hydrogens is 605 g/mol. The van der Waals surface area contributed by atoms with Crippen molar-refractivity contribution >= 4 is 27.5 Å². The number of hydrogen-bond donors (Lipinski definition) is 1. The number of ether oxygens (including phenoxy) is 1. The molecule has 0 aromatic heterocycles. The van der Waals surface area contributed by atoms with Crippen LogP contribution in [0.4, 0.5) is 10.1 Å². The Kier molecular flexibility index (Phi) is 11.5. The van der Waals surface area contributed by atoms with Crippen LogP contribution in [-0.4, -0.2) is 50.9 Å². The van der Waals surface area contributed by atoms with E-state index in [1.54, 1.807) is 0 Å². The lowest BCUT2D eigenvalue weighted by atomic mass is 10.0. The highest BCUT2D eigenvalue weighted by Gasteiger charge is 2.35. The molecule has 0 aliphatic rings. The standard InChI is InChI=1S/C36H40FN3O5S/c1-5-27(3)38-36(42)34(23-28-11-7-6-8-12-28)39(24-29-13-9-10-26(2)22-29)35(41)25-40(31-16-14-30(37)15-17-31)46(43,44)33-20-18-32(45-4)19-21-33/h6-22,27,34H,5,23-25H2,1-4H3,(H,38,42)/t27-,34+/m0/s1. The molecular formula is C36H40FN3O5S. The summed E-state index contributed by atoms with van der Waals surface area (Å²) in [6.45, 7) is 5.21. The van der Waals surface area contributed by atoms with Crippen LogP contribution < -0.4 is 14.4 Å². The Morgan fingerprint density at radius 1 is 0.891 bits per heavy atom. The Hall–Kier alpha value is -4.70. The largest absolute Gasteiger partial charge is 0.497 e. The van der Waals surface area contributed by atoms with Gasteiger partial charge < -0.3 is 15.0 Å². The molecule has 4 aromatic carbocycles. The zero-order chi connectivity index (χ0) is 33.3. The van der Waals surface area contributed by atoms with Crippen LogP contribution >= 0.6 is 0 Å². The number of methoxy groups -OCH3 is 1. The summed E-state index contributed by atoms with van der Waals surface area (Å²) < 4.78 is 48.3. The van der Waals surface area contributed by atoms with Gasteiger partial charge in [-0.1, -0.05) is 67.1 Å². The summed E-state index contributed by atoms with van der Waals surface area (Å²) in [5, 5.41) is 3.02. The molecule has 0 unspecified atom stereocenters. The van der Waals surface area contributed by atoms with E-state index in [9.17, 15) is 22.4 Å². The van der Waals surface area contributed by atoms with Gasteiger partial charge in [0.05, 0.1) is 17.7 Å². The highest BCUT2D eigenvalue weighted by atomic mass is 32.2. The van der Waals surface area contributed by atoms with Crippen molar-refractivity contribution in [1.29, 1.82) is 0 Å². The number of hydrogen-bond acceptors (Lipinski definition) is 5. The number of aryl methyl sites for hydroxylation is 1. The maximum absolute atomic E-state index is 14.5. The van der Waals surface area contributed by atoms with Crippen LogP contribution in [0.5, 0.6) is 5.75 Å². The maximum atomic E-state index is 14.5. The Balaban J connectivity index is 1.80. The quantitative estimate of drug-likeness (QED) is 0.185. The van der Waals surface area contributed by atoms with E-state index >= 15 is 0 Å².